The van der Waals surface area contributed by atoms with E-state index in [2.05, 4.69) is 40.8 Å². The molecule has 0 radical (unpaired) electrons. The monoisotopic (exact) mass is 534 g/mol. The summed E-state index contributed by atoms with van der Waals surface area (Å²) in [7, 11) is 0. The van der Waals surface area contributed by atoms with Crippen molar-refractivity contribution in [3.05, 3.63) is 81.7 Å². The second kappa shape index (κ2) is 11.7. The molecule has 2 saturated carbocycles. The third-order valence-electron chi connectivity index (χ3n) is 7.98. The summed E-state index contributed by atoms with van der Waals surface area (Å²) in [6, 6.07) is 16.1. The number of aryl methyl sites for hydroxylation is 2. The second-order valence-corrected chi connectivity index (χ2v) is 11.5. The van der Waals surface area contributed by atoms with E-state index in [1.54, 1.807) is 12.1 Å². The maximum atomic E-state index is 13.0. The van der Waals surface area contributed by atoms with Gasteiger partial charge in [0.15, 0.2) is 0 Å². The van der Waals surface area contributed by atoms with Crippen LogP contribution in [0, 0.1) is 12.8 Å². The van der Waals surface area contributed by atoms with Crippen LogP contribution in [0.25, 0.3) is 0 Å². The minimum absolute atomic E-state index is 0.0273. The number of rotatable bonds is 12. The molecule has 1 amide bonds. The van der Waals surface area contributed by atoms with E-state index in [1.165, 1.54) is 12.0 Å². The lowest BCUT2D eigenvalue weighted by Gasteiger charge is -2.34. The van der Waals surface area contributed by atoms with Crippen molar-refractivity contribution in [3.63, 3.8) is 0 Å². The highest BCUT2D eigenvalue weighted by Gasteiger charge is 2.41. The fourth-order valence-corrected chi connectivity index (χ4v) is 5.96. The second-order valence-electron chi connectivity index (χ2n) is 11.0. The van der Waals surface area contributed by atoms with Gasteiger partial charge in [-0.05, 0) is 87.0 Å². The van der Waals surface area contributed by atoms with Crippen molar-refractivity contribution in [1.82, 2.24) is 5.16 Å². The van der Waals surface area contributed by atoms with Crippen molar-refractivity contribution in [3.8, 4) is 0 Å². The van der Waals surface area contributed by atoms with Gasteiger partial charge in [0.2, 0.25) is 5.91 Å². The number of carboxylic acids is 1. The summed E-state index contributed by atoms with van der Waals surface area (Å²) < 4.78 is 5.98. The summed E-state index contributed by atoms with van der Waals surface area (Å²) in [5, 5.41) is 17.2. The van der Waals surface area contributed by atoms with Crippen LogP contribution >= 0.6 is 11.6 Å². The normalized spacial score (nSPS) is 19.5. The molecule has 3 aromatic rings. The first-order valence-corrected chi connectivity index (χ1v) is 14.1. The number of hydrogen-bond acceptors (Lipinski definition) is 4. The summed E-state index contributed by atoms with van der Waals surface area (Å²) >= 11 is 6.31. The number of amides is 1. The van der Waals surface area contributed by atoms with E-state index in [9.17, 15) is 14.7 Å². The first-order chi connectivity index (χ1) is 18.4. The van der Waals surface area contributed by atoms with Crippen LogP contribution in [0.3, 0.4) is 0 Å². The lowest BCUT2D eigenvalue weighted by molar-refractivity contribution is -0.137. The molecule has 2 fully saturated rings. The molecule has 1 atom stereocenters. The third kappa shape index (κ3) is 6.47. The van der Waals surface area contributed by atoms with Crippen LogP contribution < -0.4 is 5.32 Å². The zero-order valence-corrected chi connectivity index (χ0v) is 22.5. The van der Waals surface area contributed by atoms with Crippen LogP contribution in [0.5, 0.6) is 0 Å². The summed E-state index contributed by atoms with van der Waals surface area (Å²) in [6.45, 7) is 1.94. The Kier molecular flexibility index (Phi) is 8.18. The molecule has 2 N–H and O–H groups in total. The Morgan fingerprint density at radius 2 is 1.89 bits per heavy atom. The predicted octanol–water partition coefficient (Wildman–Crippen LogP) is 7.62. The minimum atomic E-state index is -0.881. The Morgan fingerprint density at radius 1 is 1.13 bits per heavy atom. The molecule has 2 aliphatic rings. The maximum Gasteiger partial charge on any atom is 0.303 e. The number of anilines is 1. The molecule has 0 spiro atoms. The largest absolute Gasteiger partial charge is 0.481 e. The van der Waals surface area contributed by atoms with Gasteiger partial charge in [0.25, 0.3) is 0 Å². The van der Waals surface area contributed by atoms with Gasteiger partial charge < -0.3 is 14.9 Å². The summed E-state index contributed by atoms with van der Waals surface area (Å²) in [5.74, 6) is 0.993. The van der Waals surface area contributed by atoms with E-state index in [0.29, 0.717) is 34.9 Å². The minimum Gasteiger partial charge on any atom is -0.481 e. The van der Waals surface area contributed by atoms with E-state index in [1.807, 2.05) is 13.0 Å². The van der Waals surface area contributed by atoms with Gasteiger partial charge in [-0.25, -0.2) is 0 Å². The zero-order chi connectivity index (χ0) is 26.6. The van der Waals surface area contributed by atoms with Gasteiger partial charge >= 0.3 is 5.97 Å². The molecule has 1 heterocycles. The Labute approximate surface area is 228 Å². The average molecular weight is 535 g/mol. The lowest BCUT2D eigenvalue weighted by Crippen LogP contribution is -2.23. The van der Waals surface area contributed by atoms with E-state index >= 15 is 0 Å². The molecule has 5 rings (SSSR count). The van der Waals surface area contributed by atoms with Crippen molar-refractivity contribution in [1.29, 1.82) is 0 Å². The maximum absolute atomic E-state index is 13.0. The molecule has 1 unspecified atom stereocenters. The number of aliphatic carboxylic acids is 1. The molecule has 2 aromatic carbocycles. The fourth-order valence-electron chi connectivity index (χ4n) is 5.67. The number of nitrogens with one attached hydrogen (secondary N) is 1. The Balaban J connectivity index is 1.28. The number of carbonyl (C=O) groups excluding carboxylic acids is 1. The quantitative estimate of drug-likeness (QED) is 0.249. The SMILES string of the molecule is Cc1ccc(NC(=O)CC(CCC(=O)O)c2noc(C3CC(CCc4ccccc4)C3)c2C2CC2)c(Cl)c1. The van der Waals surface area contributed by atoms with E-state index < -0.39 is 5.97 Å². The lowest BCUT2D eigenvalue weighted by atomic mass is 9.70. The molecule has 7 heteroatoms. The van der Waals surface area contributed by atoms with Crippen LogP contribution in [0.2, 0.25) is 5.02 Å². The Bertz CT molecular complexity index is 1280. The van der Waals surface area contributed by atoms with Crippen LogP contribution in [0.1, 0.15) is 97.3 Å². The molecule has 200 valence electrons. The van der Waals surface area contributed by atoms with Crippen molar-refractivity contribution in [2.75, 3.05) is 5.32 Å². The highest BCUT2D eigenvalue weighted by atomic mass is 35.5. The fraction of sp³-hybridized carbons (Fsp3) is 0.452. The van der Waals surface area contributed by atoms with Crippen molar-refractivity contribution in [2.24, 2.45) is 5.92 Å². The standard InChI is InChI=1S/C31H35ClN2O4/c1-19-7-13-26(25(32)15-19)33-27(35)18-23(12-14-28(36)37)30-29(22-10-11-22)31(38-34-30)24-16-21(17-24)9-8-20-5-3-2-4-6-20/h2-7,13,15,21-24H,8-12,14,16-18H2,1H3,(H,33,35)(H,36,37). The number of hydrogen-bond donors (Lipinski definition) is 2. The molecular weight excluding hydrogens is 500 g/mol. The third-order valence-corrected chi connectivity index (χ3v) is 8.30. The molecule has 1 aromatic heterocycles. The van der Waals surface area contributed by atoms with Crippen LogP contribution in [-0.4, -0.2) is 22.1 Å². The molecule has 2 aliphatic carbocycles. The van der Waals surface area contributed by atoms with Gasteiger partial charge in [-0.3, -0.25) is 9.59 Å². The van der Waals surface area contributed by atoms with E-state index in [-0.39, 0.29) is 24.7 Å². The molecular formula is C31H35ClN2O4. The first kappa shape index (κ1) is 26.5. The average Bonchev–Trinajstić information content (AvgIpc) is 3.62. The zero-order valence-electron chi connectivity index (χ0n) is 21.8. The van der Waals surface area contributed by atoms with E-state index in [0.717, 1.165) is 54.7 Å². The van der Waals surface area contributed by atoms with Crippen LogP contribution in [-0.2, 0) is 16.0 Å². The van der Waals surface area contributed by atoms with Gasteiger partial charge in [0, 0.05) is 30.2 Å². The highest BCUT2D eigenvalue weighted by Crippen LogP contribution is 2.52. The number of halogens is 1. The van der Waals surface area contributed by atoms with Gasteiger partial charge in [0.05, 0.1) is 16.4 Å². The van der Waals surface area contributed by atoms with Crippen LogP contribution in [0.15, 0.2) is 53.1 Å². The number of carbonyl (C=O) groups is 2. The predicted molar refractivity (Wildman–Crippen MR) is 148 cm³/mol. The summed E-state index contributed by atoms with van der Waals surface area (Å²) in [6.07, 6.45) is 7.05. The molecule has 0 saturated heterocycles. The van der Waals surface area contributed by atoms with E-state index in [4.69, 9.17) is 16.1 Å². The van der Waals surface area contributed by atoms with Gasteiger partial charge in [-0.1, -0.05) is 53.2 Å². The number of nitrogens with zero attached hydrogens (tertiary/aromatic N) is 1. The van der Waals surface area contributed by atoms with Crippen molar-refractivity contribution in [2.45, 2.75) is 82.5 Å². The summed E-state index contributed by atoms with van der Waals surface area (Å²) in [4.78, 5) is 24.5. The number of benzene rings is 2. The van der Waals surface area contributed by atoms with Gasteiger partial charge in [-0.2, -0.15) is 0 Å². The molecule has 0 bridgehead atoms. The Hall–Kier alpha value is -3.12. The molecule has 6 nitrogen and oxygen atoms in total. The van der Waals surface area contributed by atoms with Crippen molar-refractivity contribution < 1.29 is 19.2 Å². The van der Waals surface area contributed by atoms with Gasteiger partial charge in [-0.15, -0.1) is 0 Å². The smallest absolute Gasteiger partial charge is 0.303 e. The van der Waals surface area contributed by atoms with Crippen molar-refractivity contribution >= 4 is 29.2 Å². The molecule has 38 heavy (non-hydrogen) atoms. The number of carboxylic acid groups (broad SMARTS) is 1. The molecule has 0 aliphatic heterocycles. The number of aromatic nitrogens is 1. The highest BCUT2D eigenvalue weighted by molar-refractivity contribution is 6.33. The Morgan fingerprint density at radius 3 is 2.58 bits per heavy atom. The topological polar surface area (TPSA) is 92.4 Å². The van der Waals surface area contributed by atoms with Crippen LogP contribution in [0.4, 0.5) is 5.69 Å². The summed E-state index contributed by atoms with van der Waals surface area (Å²) in [5.41, 5.74) is 4.87. The van der Waals surface area contributed by atoms with Gasteiger partial charge in [0.1, 0.15) is 5.76 Å². The first-order valence-electron chi connectivity index (χ1n) is 13.7.